The van der Waals surface area contributed by atoms with Crippen LogP contribution in [0.1, 0.15) is 211 Å². The Morgan fingerprint density at radius 3 is 0.647 bits per heavy atom. The number of ether oxygens (including phenoxy) is 8. The molecule has 0 atom stereocenters. The predicted octanol–water partition coefficient (Wildman–Crippen LogP) is 16.7. The molecule has 85 heavy (non-hydrogen) atoms. The van der Waals surface area contributed by atoms with E-state index in [1.54, 1.807) is 0 Å². The molecule has 1 radical (unpaired) electrons. The molecule has 0 saturated carbocycles. The van der Waals surface area contributed by atoms with Gasteiger partial charge in [0.2, 0.25) is 13.6 Å². The summed E-state index contributed by atoms with van der Waals surface area (Å²) in [6.07, 6.45) is 0. The Hall–Kier alpha value is -4.80. The van der Waals surface area contributed by atoms with Crippen molar-refractivity contribution in [3.05, 3.63) is 117 Å². The standard InChI is InChI=1S/C74H100O8P2.Rh/c1-67(2,3)47-33-43(34-48(61(47)75-25)68(4,5)6)83(44-35-49(69(7,8)9)62(76-26)50(36-44)70(10,11)12)57-31-29-55-65(81-41-79-55)59(57)60-58(32-30-56-66(60)82-42-80-56)84(45-37-51(71(13,14)15)63(77-27)52(38-45)72(16,17)18)46-39-53(73(19,20)21)64(78-28)54(40-46)74(22,23)24;/h29-40H,41-42H2,1-28H3;. The molecule has 0 saturated heterocycles. The molecule has 6 aromatic carbocycles. The van der Waals surface area contributed by atoms with Gasteiger partial charge in [-0.3, -0.25) is 0 Å². The van der Waals surface area contributed by atoms with Crippen LogP contribution in [-0.2, 0) is 62.8 Å². The van der Waals surface area contributed by atoms with Gasteiger partial charge in [0.25, 0.3) is 0 Å². The van der Waals surface area contributed by atoms with Gasteiger partial charge in [0.05, 0.1) is 28.4 Å². The van der Waals surface area contributed by atoms with E-state index in [1.807, 2.05) is 28.4 Å². The molecule has 463 valence electrons. The fourth-order valence-corrected chi connectivity index (χ4v) is 17.0. The Balaban J connectivity index is 0.0000104. The van der Waals surface area contributed by atoms with E-state index < -0.39 is 15.8 Å². The summed E-state index contributed by atoms with van der Waals surface area (Å²) in [5.41, 5.74) is 8.79. The van der Waals surface area contributed by atoms with Crippen molar-refractivity contribution in [3.63, 3.8) is 0 Å². The quantitative estimate of drug-likeness (QED) is 0.0938. The molecule has 0 aromatic heterocycles. The second-order valence-electron chi connectivity index (χ2n) is 31.4. The van der Waals surface area contributed by atoms with Gasteiger partial charge in [-0.2, -0.15) is 0 Å². The second kappa shape index (κ2) is 23.6. The zero-order valence-corrected chi connectivity index (χ0v) is 60.3. The van der Waals surface area contributed by atoms with Crippen LogP contribution in [0.3, 0.4) is 0 Å². The SMILES string of the molecule is COc1c(C(C)(C)C)cc(P(c2cc(C(C)(C)C)c(OC)c(C(C)(C)C)c2)c2ccc3c(c2-c2c(P(c4cc(C(C)(C)C)c(OC)c(C(C)(C)C)c4)c4cc(C(C)(C)C)c(OC)c(C(C)(C)C)c4)ccc4c2OCO4)OCO3)cc1C(C)(C)C.[Rh]. The Kier molecular flexibility index (Phi) is 18.8. The first-order valence-corrected chi connectivity index (χ1v) is 32.6. The van der Waals surface area contributed by atoms with Crippen molar-refractivity contribution in [1.29, 1.82) is 0 Å². The summed E-state index contributed by atoms with van der Waals surface area (Å²) >= 11 is 0. The van der Waals surface area contributed by atoms with Gasteiger partial charge in [-0.1, -0.05) is 166 Å². The monoisotopic (exact) mass is 1280 g/mol. The van der Waals surface area contributed by atoms with Crippen molar-refractivity contribution in [1.82, 2.24) is 0 Å². The Morgan fingerprint density at radius 2 is 0.482 bits per heavy atom. The maximum absolute atomic E-state index is 6.98. The summed E-state index contributed by atoms with van der Waals surface area (Å²) in [7, 11) is 4.29. The van der Waals surface area contributed by atoms with Gasteiger partial charge in [-0.05, 0) is 164 Å². The molecule has 2 aliphatic rings. The van der Waals surface area contributed by atoms with Crippen LogP contribution in [0.15, 0.2) is 72.8 Å². The number of hydrogen-bond acceptors (Lipinski definition) is 8. The first-order valence-electron chi connectivity index (χ1n) is 30.0. The van der Waals surface area contributed by atoms with Crippen molar-refractivity contribution in [2.75, 3.05) is 42.0 Å². The van der Waals surface area contributed by atoms with Crippen LogP contribution in [0, 0.1) is 0 Å². The molecule has 2 aliphatic heterocycles. The normalized spacial score (nSPS) is 14.0. The first kappa shape index (κ1) is 67.7. The van der Waals surface area contributed by atoms with E-state index in [0.717, 1.165) is 89.2 Å². The smallest absolute Gasteiger partial charge is 0.231 e. The molecule has 0 unspecified atom stereocenters. The first-order chi connectivity index (χ1) is 38.6. The topological polar surface area (TPSA) is 73.8 Å². The Labute approximate surface area is 527 Å². The van der Waals surface area contributed by atoms with Crippen molar-refractivity contribution in [3.8, 4) is 57.1 Å². The maximum atomic E-state index is 6.98. The molecule has 0 fully saturated rings. The minimum Gasteiger partial charge on any atom is -0.496 e. The summed E-state index contributed by atoms with van der Waals surface area (Å²) in [4.78, 5) is 0. The molecule has 0 N–H and O–H groups in total. The van der Waals surface area contributed by atoms with Gasteiger partial charge in [0.1, 0.15) is 23.0 Å². The summed E-state index contributed by atoms with van der Waals surface area (Å²) < 4.78 is 53.1. The summed E-state index contributed by atoms with van der Waals surface area (Å²) in [6, 6.07) is 28.4. The minimum atomic E-state index is -1.50. The van der Waals surface area contributed by atoms with Gasteiger partial charge in [0, 0.05) is 75.1 Å². The van der Waals surface area contributed by atoms with Crippen molar-refractivity contribution in [2.24, 2.45) is 0 Å². The van der Waals surface area contributed by atoms with E-state index in [0.29, 0.717) is 23.0 Å². The molecule has 0 bridgehead atoms. The fourth-order valence-electron chi connectivity index (χ4n) is 11.9. The van der Waals surface area contributed by atoms with E-state index >= 15 is 0 Å². The molecular formula is C74H100O8P2Rh. The molecular weight excluding hydrogens is 1180 g/mol. The number of fused-ring (bicyclic) bond motifs is 2. The Bertz CT molecular complexity index is 2950. The number of hydrogen-bond donors (Lipinski definition) is 0. The third kappa shape index (κ3) is 13.2. The summed E-state index contributed by atoms with van der Waals surface area (Å²) in [5, 5.41) is 6.98. The number of methoxy groups -OCH3 is 4. The van der Waals surface area contributed by atoms with Gasteiger partial charge in [-0.25, -0.2) is 0 Å². The van der Waals surface area contributed by atoms with Gasteiger partial charge >= 0.3 is 0 Å². The molecule has 0 amide bonds. The predicted molar refractivity (Wildman–Crippen MR) is 357 cm³/mol. The fraction of sp³-hybridized carbons (Fsp3) is 0.514. The van der Waals surface area contributed by atoms with Crippen molar-refractivity contribution < 1.29 is 57.4 Å². The second-order valence-corrected chi connectivity index (χ2v) is 35.7. The van der Waals surface area contributed by atoms with E-state index in [2.05, 4.69) is 239 Å². The largest absolute Gasteiger partial charge is 0.496 e. The number of benzene rings is 6. The summed E-state index contributed by atoms with van der Waals surface area (Å²) in [5.74, 6) is 6.42. The maximum Gasteiger partial charge on any atom is 0.231 e. The van der Waals surface area contributed by atoms with E-state index in [1.165, 1.54) is 21.2 Å². The van der Waals surface area contributed by atoms with Crippen LogP contribution in [0.5, 0.6) is 46.0 Å². The zero-order valence-electron chi connectivity index (χ0n) is 56.8. The van der Waals surface area contributed by atoms with Crippen LogP contribution in [0.2, 0.25) is 0 Å². The molecule has 0 spiro atoms. The van der Waals surface area contributed by atoms with Crippen LogP contribution < -0.4 is 69.7 Å². The average molecular weight is 1280 g/mol. The minimum absolute atomic E-state index is 0. The van der Waals surface area contributed by atoms with Gasteiger partial charge in [0.15, 0.2) is 23.0 Å². The van der Waals surface area contributed by atoms with Crippen LogP contribution >= 0.6 is 15.8 Å². The van der Waals surface area contributed by atoms with Crippen LogP contribution in [-0.4, -0.2) is 42.0 Å². The van der Waals surface area contributed by atoms with E-state index in [4.69, 9.17) is 37.9 Å². The molecule has 2 heterocycles. The van der Waals surface area contributed by atoms with E-state index in [9.17, 15) is 0 Å². The molecule has 8 nitrogen and oxygen atoms in total. The third-order valence-electron chi connectivity index (χ3n) is 16.4. The zero-order chi connectivity index (χ0) is 62.6. The van der Waals surface area contributed by atoms with Crippen LogP contribution in [0.4, 0.5) is 0 Å². The molecule has 6 aromatic rings. The van der Waals surface area contributed by atoms with Gasteiger partial charge < -0.3 is 37.9 Å². The third-order valence-corrected chi connectivity index (χ3v) is 21.2. The molecule has 11 heteroatoms. The van der Waals surface area contributed by atoms with E-state index in [-0.39, 0.29) is 76.4 Å². The van der Waals surface area contributed by atoms with Crippen molar-refractivity contribution in [2.45, 2.75) is 209 Å². The van der Waals surface area contributed by atoms with Gasteiger partial charge in [-0.15, -0.1) is 0 Å². The summed E-state index contributed by atoms with van der Waals surface area (Å²) in [6.45, 7) is 55.2. The Morgan fingerprint density at radius 1 is 0.294 bits per heavy atom. The van der Waals surface area contributed by atoms with Crippen LogP contribution in [0.25, 0.3) is 11.1 Å². The van der Waals surface area contributed by atoms with Crippen molar-refractivity contribution >= 4 is 47.7 Å². The molecule has 0 aliphatic carbocycles. The average Bonchev–Trinajstić information content (AvgIpc) is 1.72. The number of rotatable bonds is 11. The molecule has 8 rings (SSSR count).